The smallest absolute Gasteiger partial charge is 0.200 e. The second-order valence-corrected chi connectivity index (χ2v) is 6.18. The number of aldehydes is 1. The van der Waals surface area contributed by atoms with E-state index in [1.807, 2.05) is 0 Å². The molecule has 0 aromatic carbocycles. The highest BCUT2D eigenvalue weighted by Gasteiger charge is 2.38. The van der Waals surface area contributed by atoms with Crippen molar-refractivity contribution >= 4 is 21.8 Å². The van der Waals surface area contributed by atoms with Crippen molar-refractivity contribution in [1.29, 1.82) is 0 Å². The van der Waals surface area contributed by atoms with Crippen molar-refractivity contribution < 1.29 is 13.2 Å². The van der Waals surface area contributed by atoms with Crippen LogP contribution in [0.3, 0.4) is 0 Å². The first-order valence-corrected chi connectivity index (χ1v) is 6.71. The molecule has 0 bridgehead atoms. The molecule has 0 amide bonds. The lowest BCUT2D eigenvalue weighted by Crippen LogP contribution is -2.11. The molecule has 2 heterocycles. The standard InChI is InChI=1S/C10H9N3O3S/c14-6-7-5-13-9(11-7)3-4-10(12-13)17(15,16)8-1-2-8/h3-6,8H,1-2H2. The Kier molecular flexibility index (Phi) is 2.06. The largest absolute Gasteiger partial charge is 0.296 e. The van der Waals surface area contributed by atoms with Gasteiger partial charge >= 0.3 is 0 Å². The van der Waals surface area contributed by atoms with Gasteiger partial charge in [0, 0.05) is 0 Å². The number of nitrogens with zero attached hydrogens (tertiary/aromatic N) is 3. The Morgan fingerprint density at radius 1 is 1.35 bits per heavy atom. The third-order valence-corrected chi connectivity index (χ3v) is 4.84. The molecule has 2 aromatic rings. The van der Waals surface area contributed by atoms with Gasteiger partial charge in [-0.05, 0) is 25.0 Å². The van der Waals surface area contributed by atoms with Crippen LogP contribution in [0, 0.1) is 0 Å². The number of hydrogen-bond donors (Lipinski definition) is 0. The summed E-state index contributed by atoms with van der Waals surface area (Å²) in [4.78, 5) is 14.5. The Bertz CT molecular complexity index is 701. The fraction of sp³-hybridized carbons (Fsp3) is 0.300. The zero-order valence-corrected chi connectivity index (χ0v) is 9.59. The molecule has 0 aliphatic heterocycles. The van der Waals surface area contributed by atoms with E-state index in [4.69, 9.17) is 0 Å². The lowest BCUT2D eigenvalue weighted by Gasteiger charge is -2.01. The molecule has 1 aliphatic carbocycles. The summed E-state index contributed by atoms with van der Waals surface area (Å²) in [5.41, 5.74) is 0.695. The summed E-state index contributed by atoms with van der Waals surface area (Å²) in [6.45, 7) is 0. The van der Waals surface area contributed by atoms with Crippen molar-refractivity contribution in [2.24, 2.45) is 0 Å². The monoisotopic (exact) mass is 251 g/mol. The van der Waals surface area contributed by atoms with Crippen molar-refractivity contribution in [3.05, 3.63) is 24.0 Å². The Labute approximate surface area is 97.2 Å². The van der Waals surface area contributed by atoms with Crippen LogP contribution in [0.2, 0.25) is 0 Å². The minimum absolute atomic E-state index is 0.0438. The van der Waals surface area contributed by atoms with Crippen LogP contribution in [0.1, 0.15) is 23.3 Å². The normalized spacial score (nSPS) is 16.2. The van der Waals surface area contributed by atoms with Crippen LogP contribution in [-0.4, -0.2) is 34.6 Å². The van der Waals surface area contributed by atoms with Gasteiger partial charge in [0.25, 0.3) is 0 Å². The number of carbonyl (C=O) groups is 1. The number of sulfone groups is 1. The van der Waals surface area contributed by atoms with Crippen LogP contribution in [0.5, 0.6) is 0 Å². The molecule has 6 nitrogen and oxygen atoms in total. The van der Waals surface area contributed by atoms with Gasteiger partial charge in [0.1, 0.15) is 5.69 Å². The summed E-state index contributed by atoms with van der Waals surface area (Å²) in [5.74, 6) is 0. The molecule has 7 heteroatoms. The lowest BCUT2D eigenvalue weighted by atomic mass is 10.5. The van der Waals surface area contributed by atoms with Crippen molar-refractivity contribution in [3.63, 3.8) is 0 Å². The average molecular weight is 251 g/mol. The van der Waals surface area contributed by atoms with Gasteiger partial charge in [-0.25, -0.2) is 17.9 Å². The third kappa shape index (κ3) is 1.62. The zero-order valence-electron chi connectivity index (χ0n) is 8.78. The molecule has 0 atom stereocenters. The predicted molar refractivity (Wildman–Crippen MR) is 58.6 cm³/mol. The molecule has 0 saturated heterocycles. The number of aromatic nitrogens is 3. The van der Waals surface area contributed by atoms with Crippen LogP contribution in [0.25, 0.3) is 5.65 Å². The lowest BCUT2D eigenvalue weighted by molar-refractivity contribution is 0.111. The van der Waals surface area contributed by atoms with E-state index in [1.165, 1.54) is 16.8 Å². The summed E-state index contributed by atoms with van der Waals surface area (Å²) in [5, 5.41) is 3.74. The molecular formula is C10H9N3O3S. The minimum atomic E-state index is -3.30. The maximum Gasteiger partial charge on any atom is 0.200 e. The van der Waals surface area contributed by atoms with Crippen LogP contribution < -0.4 is 0 Å². The topological polar surface area (TPSA) is 81.4 Å². The van der Waals surface area contributed by atoms with Crippen molar-refractivity contribution in [1.82, 2.24) is 14.6 Å². The van der Waals surface area contributed by atoms with E-state index in [1.54, 1.807) is 6.07 Å². The first-order valence-electron chi connectivity index (χ1n) is 5.17. The zero-order chi connectivity index (χ0) is 12.0. The molecule has 0 N–H and O–H groups in total. The number of rotatable bonds is 3. The van der Waals surface area contributed by atoms with Crippen LogP contribution in [0.4, 0.5) is 0 Å². The van der Waals surface area contributed by atoms with Gasteiger partial charge in [-0.1, -0.05) is 0 Å². The van der Waals surface area contributed by atoms with Gasteiger partial charge in [0.05, 0.1) is 11.4 Å². The fourth-order valence-corrected chi connectivity index (χ4v) is 3.20. The Balaban J connectivity index is 2.15. The highest BCUT2D eigenvalue weighted by Crippen LogP contribution is 2.32. The quantitative estimate of drug-likeness (QED) is 0.741. The van der Waals surface area contributed by atoms with Gasteiger partial charge in [0.15, 0.2) is 26.8 Å². The van der Waals surface area contributed by atoms with E-state index < -0.39 is 9.84 Å². The van der Waals surface area contributed by atoms with E-state index >= 15 is 0 Å². The number of carbonyl (C=O) groups excluding carboxylic acids is 1. The third-order valence-electron chi connectivity index (χ3n) is 2.69. The van der Waals surface area contributed by atoms with Crippen LogP contribution >= 0.6 is 0 Å². The second kappa shape index (κ2) is 3.36. The summed E-state index contributed by atoms with van der Waals surface area (Å²) >= 11 is 0. The molecule has 0 unspecified atom stereocenters. The van der Waals surface area contributed by atoms with Crippen molar-refractivity contribution in [2.75, 3.05) is 0 Å². The maximum atomic E-state index is 11.9. The van der Waals surface area contributed by atoms with Gasteiger partial charge in [-0.15, -0.1) is 0 Å². The van der Waals surface area contributed by atoms with Gasteiger partial charge in [0.2, 0.25) is 0 Å². The summed E-state index contributed by atoms with van der Waals surface area (Å²) in [6, 6.07) is 2.99. The Hall–Kier alpha value is -1.76. The highest BCUT2D eigenvalue weighted by atomic mass is 32.2. The Morgan fingerprint density at radius 3 is 2.76 bits per heavy atom. The van der Waals surface area contributed by atoms with E-state index in [0.29, 0.717) is 24.8 Å². The number of fused-ring (bicyclic) bond motifs is 1. The van der Waals surface area contributed by atoms with Crippen molar-refractivity contribution in [3.8, 4) is 0 Å². The molecule has 1 aliphatic rings. The molecule has 17 heavy (non-hydrogen) atoms. The van der Waals surface area contributed by atoms with Crippen LogP contribution in [-0.2, 0) is 9.84 Å². The van der Waals surface area contributed by atoms with Gasteiger partial charge < -0.3 is 0 Å². The first-order chi connectivity index (χ1) is 8.11. The number of imidazole rings is 1. The predicted octanol–water partition coefficient (Wildman–Crippen LogP) is 0.478. The van der Waals surface area contributed by atoms with Gasteiger partial charge in [-0.3, -0.25) is 4.79 Å². The minimum Gasteiger partial charge on any atom is -0.296 e. The molecule has 3 rings (SSSR count). The van der Waals surface area contributed by atoms with Gasteiger partial charge in [-0.2, -0.15) is 5.10 Å². The van der Waals surface area contributed by atoms with E-state index in [9.17, 15) is 13.2 Å². The summed E-state index contributed by atoms with van der Waals surface area (Å²) in [6.07, 6.45) is 3.41. The molecule has 0 spiro atoms. The molecule has 0 radical (unpaired) electrons. The van der Waals surface area contributed by atoms with Crippen molar-refractivity contribution in [2.45, 2.75) is 23.1 Å². The molecular weight excluding hydrogens is 242 g/mol. The van der Waals surface area contributed by atoms with E-state index in [-0.39, 0.29) is 16.0 Å². The molecule has 88 valence electrons. The first kappa shape index (κ1) is 10.4. The van der Waals surface area contributed by atoms with E-state index in [2.05, 4.69) is 10.1 Å². The highest BCUT2D eigenvalue weighted by molar-refractivity contribution is 7.92. The number of hydrogen-bond acceptors (Lipinski definition) is 5. The second-order valence-electron chi connectivity index (χ2n) is 4.00. The van der Waals surface area contributed by atoms with Crippen LogP contribution in [0.15, 0.2) is 23.4 Å². The fourth-order valence-electron chi connectivity index (χ4n) is 1.64. The molecule has 1 saturated carbocycles. The average Bonchev–Trinajstić information content (AvgIpc) is 3.08. The molecule has 1 fully saturated rings. The SMILES string of the molecule is O=Cc1cn2nc(S(=O)(=O)C3CC3)ccc2n1. The summed E-state index contributed by atoms with van der Waals surface area (Å²) < 4.78 is 25.2. The van der Waals surface area contributed by atoms with E-state index in [0.717, 1.165) is 0 Å². The maximum absolute atomic E-state index is 11.9. The summed E-state index contributed by atoms with van der Waals surface area (Å²) in [7, 11) is -3.30. The molecule has 2 aromatic heterocycles. The Morgan fingerprint density at radius 2 is 2.12 bits per heavy atom.